The topological polar surface area (TPSA) is 276 Å². The van der Waals surface area contributed by atoms with Gasteiger partial charge in [0.05, 0.1) is 30.3 Å². The molecular weight excluding hydrogens is 546 g/mol. The first-order valence-electron chi connectivity index (χ1n) is 14.5. The Morgan fingerprint density at radius 2 is 0.881 bits per heavy atom. The maximum absolute atomic E-state index is 15.0. The number of rotatable bonds is 19. The van der Waals surface area contributed by atoms with Crippen LogP contribution in [0.4, 0.5) is 0 Å². The summed E-state index contributed by atoms with van der Waals surface area (Å²) in [5, 5.41) is 34.0. The minimum absolute atomic E-state index is 0.0265. The van der Waals surface area contributed by atoms with Crippen LogP contribution in [0.3, 0.4) is 0 Å². The number of carboxylic acid groups (broad SMARTS) is 1. The predicted octanol–water partition coefficient (Wildman–Crippen LogP) is -0.897. The molecule has 8 atom stereocenters. The van der Waals surface area contributed by atoms with Crippen molar-refractivity contribution in [3.05, 3.63) is 0 Å². The molecule has 0 saturated carbocycles. The van der Waals surface area contributed by atoms with Crippen LogP contribution in [-0.4, -0.2) is 86.8 Å². The van der Waals surface area contributed by atoms with Crippen LogP contribution >= 0.6 is 0 Å². The average molecular weight is 602 g/mol. The van der Waals surface area contributed by atoms with Gasteiger partial charge in [0, 0.05) is 12.1 Å². The number of ketones is 4. The van der Waals surface area contributed by atoms with E-state index in [9.17, 15) is 34.5 Å². The van der Waals surface area contributed by atoms with Crippen molar-refractivity contribution in [3.63, 3.8) is 0 Å². The third-order valence-corrected chi connectivity index (χ3v) is 7.86. The van der Waals surface area contributed by atoms with E-state index in [1.165, 1.54) is 27.7 Å². The summed E-state index contributed by atoms with van der Waals surface area (Å²) >= 11 is 0. The van der Waals surface area contributed by atoms with Crippen LogP contribution in [0.5, 0.6) is 0 Å². The fourth-order valence-corrected chi connectivity index (χ4v) is 5.28. The van der Waals surface area contributed by atoms with Gasteiger partial charge >= 0.3 is 5.97 Å². The van der Waals surface area contributed by atoms with Gasteiger partial charge in [-0.1, -0.05) is 55.4 Å². The van der Waals surface area contributed by atoms with Gasteiger partial charge in [0.1, 0.15) is 0 Å². The van der Waals surface area contributed by atoms with Gasteiger partial charge in [-0.3, -0.25) is 24.0 Å². The molecule has 0 aliphatic heterocycles. The van der Waals surface area contributed by atoms with Crippen molar-refractivity contribution in [2.45, 2.75) is 118 Å². The Morgan fingerprint density at radius 1 is 0.571 bits per heavy atom. The molecule has 8 unspecified atom stereocenters. The zero-order valence-electron chi connectivity index (χ0n) is 26.5. The summed E-state index contributed by atoms with van der Waals surface area (Å²) in [6.07, 6.45) is -4.93. The van der Waals surface area contributed by atoms with E-state index in [1.54, 1.807) is 27.7 Å². The molecule has 0 fully saturated rings. The van der Waals surface area contributed by atoms with E-state index in [-0.39, 0.29) is 24.7 Å². The Hall–Kier alpha value is -2.13. The Balaban J connectivity index is 8.41. The lowest BCUT2D eigenvalue weighted by Gasteiger charge is -2.46. The maximum atomic E-state index is 15.0. The molecule has 0 aliphatic carbocycles. The molecule has 0 saturated heterocycles. The van der Waals surface area contributed by atoms with E-state index in [0.717, 1.165) is 6.92 Å². The molecule has 13 nitrogen and oxygen atoms in total. The van der Waals surface area contributed by atoms with Crippen LogP contribution < -0.4 is 28.7 Å². The number of hydrogen-bond acceptors (Lipinski definition) is 12. The molecule has 13 N–H and O–H groups in total. The van der Waals surface area contributed by atoms with Crippen molar-refractivity contribution in [2.24, 2.45) is 63.2 Å². The molecule has 0 aromatic rings. The number of aliphatic hydroxyl groups is 2. The van der Waals surface area contributed by atoms with Crippen molar-refractivity contribution in [1.82, 2.24) is 0 Å². The van der Waals surface area contributed by atoms with Crippen LogP contribution in [0.2, 0.25) is 0 Å². The van der Waals surface area contributed by atoms with Gasteiger partial charge in [-0.15, -0.1) is 0 Å². The maximum Gasteiger partial charge on any atom is 0.327 e. The molecule has 244 valence electrons. The second-order valence-corrected chi connectivity index (χ2v) is 13.1. The monoisotopic (exact) mass is 601 g/mol. The molecule has 0 rings (SSSR count). The van der Waals surface area contributed by atoms with Crippen LogP contribution in [0.1, 0.15) is 75.2 Å². The Kier molecular flexibility index (Phi) is 14.8. The van der Waals surface area contributed by atoms with E-state index < -0.39 is 94.2 Å². The van der Waals surface area contributed by atoms with Crippen molar-refractivity contribution >= 4 is 29.1 Å². The van der Waals surface area contributed by atoms with E-state index in [1.807, 2.05) is 0 Å². The van der Waals surface area contributed by atoms with Gasteiger partial charge in [-0.05, 0) is 43.4 Å². The first-order chi connectivity index (χ1) is 19.0. The lowest BCUT2D eigenvalue weighted by molar-refractivity contribution is -0.180. The van der Waals surface area contributed by atoms with Crippen LogP contribution in [0, 0.1) is 34.5 Å². The zero-order valence-corrected chi connectivity index (χ0v) is 26.5. The quantitative estimate of drug-likeness (QED) is 0.0834. The number of carbonyl (C=O) groups excluding carboxylic acids is 4. The first kappa shape index (κ1) is 39.9. The molecule has 0 heterocycles. The summed E-state index contributed by atoms with van der Waals surface area (Å²) < 4.78 is 0. The summed E-state index contributed by atoms with van der Waals surface area (Å²) in [5.74, 6) is -10.3. The fraction of sp³-hybridized carbons (Fsp3) is 0.828. The standard InChI is InChI=1S/C29H55N5O8/c1-12(2)10-17(31)22(36)28(24(38)19(33)14(5)6,25(39)20(34)15(7)8)26(40)29(27(41)42,21(35)16(9)30)23(37)18(32)11-13(3)4/h12-20,22-23,36-37H,10-11,30-34H2,1-9H3,(H,41,42). The fourth-order valence-electron chi connectivity index (χ4n) is 5.28. The number of carbonyl (C=O) groups is 5. The lowest BCUT2D eigenvalue weighted by Crippen LogP contribution is -2.75. The van der Waals surface area contributed by atoms with Gasteiger partial charge in [0.15, 0.2) is 28.5 Å². The number of hydrogen-bond donors (Lipinski definition) is 8. The lowest BCUT2D eigenvalue weighted by atomic mass is 9.54. The largest absolute Gasteiger partial charge is 0.480 e. The van der Waals surface area contributed by atoms with Crippen molar-refractivity contribution < 1.29 is 39.3 Å². The Morgan fingerprint density at radius 3 is 1.12 bits per heavy atom. The van der Waals surface area contributed by atoms with Crippen LogP contribution in [-0.2, 0) is 24.0 Å². The third kappa shape index (κ3) is 7.68. The molecule has 0 radical (unpaired) electrons. The zero-order chi connectivity index (χ0) is 33.7. The van der Waals surface area contributed by atoms with Crippen LogP contribution in [0.15, 0.2) is 0 Å². The number of nitrogens with two attached hydrogens (primary N) is 5. The number of aliphatic hydroxyl groups excluding tert-OH is 2. The highest BCUT2D eigenvalue weighted by Crippen LogP contribution is 2.44. The highest BCUT2D eigenvalue weighted by atomic mass is 16.4. The molecule has 13 heteroatoms. The summed E-state index contributed by atoms with van der Waals surface area (Å²) in [6.45, 7) is 14.0. The number of Topliss-reactive ketones (excluding diaryl/α,β-unsaturated/α-hetero) is 4. The summed E-state index contributed by atoms with van der Waals surface area (Å²) in [6, 6.07) is -7.88. The third-order valence-electron chi connectivity index (χ3n) is 7.86. The number of aliphatic carboxylic acids is 1. The normalized spacial score (nSPS) is 20.3. The molecule has 0 aromatic heterocycles. The van der Waals surface area contributed by atoms with E-state index in [2.05, 4.69) is 0 Å². The van der Waals surface area contributed by atoms with Gasteiger partial charge in [0.2, 0.25) is 5.41 Å². The van der Waals surface area contributed by atoms with Gasteiger partial charge in [0.25, 0.3) is 0 Å². The number of carboxylic acids is 1. The molecular formula is C29H55N5O8. The van der Waals surface area contributed by atoms with Crippen molar-refractivity contribution in [1.29, 1.82) is 0 Å². The first-order valence-corrected chi connectivity index (χ1v) is 14.5. The van der Waals surface area contributed by atoms with E-state index in [0.29, 0.717) is 0 Å². The SMILES string of the molecule is CC(C)CC(N)C(O)C(C(=O)O)(C(=O)C(C)N)C(=O)C(C(=O)C(N)C(C)C)(C(=O)C(N)C(C)C)C(O)C(N)CC(C)C. The van der Waals surface area contributed by atoms with Crippen molar-refractivity contribution in [3.8, 4) is 0 Å². The molecule has 0 bridgehead atoms. The molecule has 42 heavy (non-hydrogen) atoms. The summed E-state index contributed by atoms with van der Waals surface area (Å²) in [5.41, 5.74) is 23.8. The second kappa shape index (κ2) is 15.6. The van der Waals surface area contributed by atoms with Gasteiger partial charge < -0.3 is 44.0 Å². The Bertz CT molecular complexity index is 957. The van der Waals surface area contributed by atoms with E-state index in [4.69, 9.17) is 28.7 Å². The van der Waals surface area contributed by atoms with E-state index >= 15 is 4.79 Å². The van der Waals surface area contributed by atoms with Crippen LogP contribution in [0.25, 0.3) is 0 Å². The predicted molar refractivity (Wildman–Crippen MR) is 159 cm³/mol. The molecule has 0 amide bonds. The second-order valence-electron chi connectivity index (χ2n) is 13.1. The summed E-state index contributed by atoms with van der Waals surface area (Å²) in [7, 11) is 0. The summed E-state index contributed by atoms with van der Waals surface area (Å²) in [4.78, 5) is 70.8. The van der Waals surface area contributed by atoms with Crippen molar-refractivity contribution in [2.75, 3.05) is 0 Å². The highest BCUT2D eigenvalue weighted by Gasteiger charge is 2.72. The highest BCUT2D eigenvalue weighted by molar-refractivity contribution is 6.37. The molecule has 0 aliphatic rings. The smallest absolute Gasteiger partial charge is 0.327 e. The Labute approximate surface area is 249 Å². The molecule has 0 spiro atoms. The average Bonchev–Trinajstić information content (AvgIpc) is 2.86. The molecule has 0 aromatic carbocycles. The minimum atomic E-state index is -3.57. The minimum Gasteiger partial charge on any atom is -0.480 e. The van der Waals surface area contributed by atoms with Gasteiger partial charge in [-0.25, -0.2) is 0 Å². The van der Waals surface area contributed by atoms with Gasteiger partial charge in [-0.2, -0.15) is 0 Å².